The van der Waals surface area contributed by atoms with E-state index in [9.17, 15) is 34.5 Å². The maximum atomic E-state index is 13.0. The van der Waals surface area contributed by atoms with Gasteiger partial charge in [-0.05, 0) is 37.5 Å². The molecule has 0 aliphatic heterocycles. The standard InChI is InChI=1S/C22H35N7O7S/c1-11(30)17(29-18(32)14(23)10-37)20(34)27-15(3-2-8-26-22(24)25)19(33)28-16(21(35)36)9-12-4-6-13(31)7-5-12/h4-7,11,14-17,30-31,37H,2-3,8-10,23H2,1H3,(H,27,34)(H,28,33)(H,29,32)(H,35,36)(H4,24,25,26). The van der Waals surface area contributed by atoms with Crippen molar-refractivity contribution in [2.75, 3.05) is 12.3 Å². The Balaban J connectivity index is 3.05. The van der Waals surface area contributed by atoms with E-state index >= 15 is 0 Å². The van der Waals surface area contributed by atoms with Crippen LogP contribution < -0.4 is 33.2 Å². The number of phenolic OH excluding ortho intramolecular Hbond substituents is 1. The first-order valence-electron chi connectivity index (χ1n) is 11.4. The number of nitrogens with zero attached hydrogens (tertiary/aromatic N) is 1. The van der Waals surface area contributed by atoms with Gasteiger partial charge in [-0.15, -0.1) is 0 Å². The van der Waals surface area contributed by atoms with Crippen LogP contribution in [0.25, 0.3) is 0 Å². The fraction of sp³-hybridized carbons (Fsp3) is 0.500. The average Bonchev–Trinajstić information content (AvgIpc) is 2.83. The van der Waals surface area contributed by atoms with Crippen LogP contribution in [0, 0.1) is 0 Å². The molecule has 5 atom stereocenters. The van der Waals surface area contributed by atoms with Gasteiger partial charge in [0.2, 0.25) is 17.7 Å². The number of aliphatic carboxylic acids is 1. The number of carboxylic acid groups (broad SMARTS) is 1. The Morgan fingerprint density at radius 2 is 1.59 bits per heavy atom. The molecule has 37 heavy (non-hydrogen) atoms. The number of thiol groups is 1. The second-order valence-electron chi connectivity index (χ2n) is 8.30. The maximum Gasteiger partial charge on any atom is 0.326 e. The van der Waals surface area contributed by atoms with Crippen LogP contribution in [0.3, 0.4) is 0 Å². The van der Waals surface area contributed by atoms with Crippen LogP contribution in [0.4, 0.5) is 0 Å². The molecule has 0 radical (unpaired) electrons. The summed E-state index contributed by atoms with van der Waals surface area (Å²) >= 11 is 3.92. The van der Waals surface area contributed by atoms with Gasteiger partial charge in [-0.25, -0.2) is 4.79 Å². The summed E-state index contributed by atoms with van der Waals surface area (Å²) < 4.78 is 0. The highest BCUT2D eigenvalue weighted by molar-refractivity contribution is 7.80. The molecule has 0 bridgehead atoms. The van der Waals surface area contributed by atoms with E-state index in [1.54, 1.807) is 0 Å². The number of aliphatic imine (C=N–C) groups is 1. The van der Waals surface area contributed by atoms with Gasteiger partial charge >= 0.3 is 5.97 Å². The fourth-order valence-corrected chi connectivity index (χ4v) is 3.29. The van der Waals surface area contributed by atoms with Crippen LogP contribution in [0.2, 0.25) is 0 Å². The number of phenols is 1. The Morgan fingerprint density at radius 1 is 1.00 bits per heavy atom. The molecule has 0 spiro atoms. The van der Waals surface area contributed by atoms with Crippen LogP contribution in [0.1, 0.15) is 25.3 Å². The zero-order valence-corrected chi connectivity index (χ0v) is 21.2. The summed E-state index contributed by atoms with van der Waals surface area (Å²) in [4.78, 5) is 53.7. The molecule has 0 saturated carbocycles. The average molecular weight is 542 g/mol. The first-order valence-corrected chi connectivity index (χ1v) is 12.0. The number of hydrogen-bond donors (Lipinski definition) is 10. The van der Waals surface area contributed by atoms with Gasteiger partial charge < -0.3 is 48.5 Å². The van der Waals surface area contributed by atoms with E-state index in [4.69, 9.17) is 17.2 Å². The number of guanidine groups is 1. The van der Waals surface area contributed by atoms with Crippen molar-refractivity contribution in [3.05, 3.63) is 29.8 Å². The van der Waals surface area contributed by atoms with E-state index in [1.807, 2.05) is 0 Å². The lowest BCUT2D eigenvalue weighted by Gasteiger charge is -2.26. The lowest BCUT2D eigenvalue weighted by molar-refractivity contribution is -0.142. The normalized spacial score (nSPS) is 14.8. The van der Waals surface area contributed by atoms with Gasteiger partial charge in [-0.2, -0.15) is 12.6 Å². The minimum absolute atomic E-state index is 0.00158. The van der Waals surface area contributed by atoms with Crippen molar-refractivity contribution in [1.29, 1.82) is 0 Å². The van der Waals surface area contributed by atoms with E-state index in [1.165, 1.54) is 31.2 Å². The number of carbonyl (C=O) groups is 4. The number of nitrogens with one attached hydrogen (secondary N) is 3. The Morgan fingerprint density at radius 3 is 2.11 bits per heavy atom. The summed E-state index contributed by atoms with van der Waals surface area (Å²) in [5, 5.41) is 36.2. The third-order valence-electron chi connectivity index (χ3n) is 5.17. The van der Waals surface area contributed by atoms with Gasteiger partial charge in [0.25, 0.3) is 0 Å². The molecule has 0 aliphatic rings. The second kappa shape index (κ2) is 15.5. The fourth-order valence-electron chi connectivity index (χ4n) is 3.12. The summed E-state index contributed by atoms with van der Waals surface area (Å²) in [7, 11) is 0. The van der Waals surface area contributed by atoms with Gasteiger partial charge in [0.1, 0.15) is 23.9 Å². The van der Waals surface area contributed by atoms with Crippen molar-refractivity contribution in [2.24, 2.45) is 22.2 Å². The number of amides is 3. The molecular formula is C22H35N7O7S. The first-order chi connectivity index (χ1) is 17.3. The highest BCUT2D eigenvalue weighted by atomic mass is 32.1. The number of benzene rings is 1. The van der Waals surface area contributed by atoms with Crippen LogP contribution in [0.5, 0.6) is 5.75 Å². The van der Waals surface area contributed by atoms with E-state index in [-0.39, 0.29) is 43.3 Å². The van der Waals surface area contributed by atoms with Crippen molar-refractivity contribution in [1.82, 2.24) is 16.0 Å². The van der Waals surface area contributed by atoms with Gasteiger partial charge in [0.05, 0.1) is 12.1 Å². The first kappa shape index (κ1) is 31.5. The molecule has 0 aromatic heterocycles. The molecule has 0 fully saturated rings. The van der Waals surface area contributed by atoms with Crippen LogP contribution in [-0.2, 0) is 25.6 Å². The van der Waals surface area contributed by atoms with Crippen LogP contribution in [-0.4, -0.2) is 87.5 Å². The van der Waals surface area contributed by atoms with Crippen molar-refractivity contribution in [3.8, 4) is 5.75 Å². The van der Waals surface area contributed by atoms with Gasteiger partial charge in [0, 0.05) is 18.7 Å². The van der Waals surface area contributed by atoms with Crippen LogP contribution in [0.15, 0.2) is 29.3 Å². The van der Waals surface area contributed by atoms with Crippen LogP contribution >= 0.6 is 12.6 Å². The van der Waals surface area contributed by atoms with E-state index < -0.39 is 54.0 Å². The van der Waals surface area contributed by atoms with E-state index in [0.29, 0.717) is 5.56 Å². The predicted molar refractivity (Wildman–Crippen MR) is 139 cm³/mol. The quantitative estimate of drug-likeness (QED) is 0.0471. The summed E-state index contributed by atoms with van der Waals surface area (Å²) in [6, 6.07) is 0.704. The lowest BCUT2D eigenvalue weighted by atomic mass is 10.0. The number of aliphatic hydroxyl groups excluding tert-OH is 1. The van der Waals surface area contributed by atoms with Crippen molar-refractivity contribution >= 4 is 42.3 Å². The molecule has 0 aliphatic carbocycles. The molecule has 3 amide bonds. The second-order valence-corrected chi connectivity index (χ2v) is 8.66. The molecule has 206 valence electrons. The smallest absolute Gasteiger partial charge is 0.326 e. The highest BCUT2D eigenvalue weighted by Crippen LogP contribution is 2.12. The third-order valence-corrected chi connectivity index (χ3v) is 5.56. The van der Waals surface area contributed by atoms with Gasteiger partial charge in [-0.1, -0.05) is 12.1 Å². The SMILES string of the molecule is CC(O)C(NC(=O)C(N)CS)C(=O)NC(CCCN=C(N)N)C(=O)NC(Cc1ccc(O)cc1)C(=O)O. The van der Waals surface area contributed by atoms with E-state index in [2.05, 4.69) is 33.6 Å². The third kappa shape index (κ3) is 11.4. The Kier molecular flexibility index (Phi) is 13.2. The topological polar surface area (TPSA) is 255 Å². The van der Waals surface area contributed by atoms with Crippen molar-refractivity contribution in [3.63, 3.8) is 0 Å². The number of rotatable bonds is 15. The highest BCUT2D eigenvalue weighted by Gasteiger charge is 2.32. The Bertz CT molecular complexity index is 955. The van der Waals surface area contributed by atoms with Crippen molar-refractivity contribution in [2.45, 2.75) is 56.5 Å². The zero-order valence-electron chi connectivity index (χ0n) is 20.3. The Hall–Kier alpha value is -3.56. The molecule has 1 rings (SSSR count). The van der Waals surface area contributed by atoms with Crippen molar-refractivity contribution < 1.29 is 34.5 Å². The van der Waals surface area contributed by atoms with Gasteiger partial charge in [-0.3, -0.25) is 19.4 Å². The number of hydrogen-bond acceptors (Lipinski definition) is 9. The molecule has 0 saturated heterocycles. The number of nitrogens with two attached hydrogens (primary N) is 3. The lowest BCUT2D eigenvalue weighted by Crippen LogP contribution is -2.60. The molecule has 1 aromatic rings. The monoisotopic (exact) mass is 541 g/mol. The molecular weight excluding hydrogens is 506 g/mol. The summed E-state index contributed by atoms with van der Waals surface area (Å²) in [5.41, 5.74) is 16.7. The predicted octanol–water partition coefficient (Wildman–Crippen LogP) is -2.83. The minimum atomic E-state index is -1.45. The summed E-state index contributed by atoms with van der Waals surface area (Å²) in [5.74, 6) is -3.92. The molecule has 1 aromatic carbocycles. The summed E-state index contributed by atoms with van der Waals surface area (Å²) in [6.45, 7) is 1.40. The molecule has 12 N–H and O–H groups in total. The summed E-state index contributed by atoms with van der Waals surface area (Å²) in [6.07, 6.45) is -1.19. The van der Waals surface area contributed by atoms with Gasteiger partial charge in [0.15, 0.2) is 5.96 Å². The molecule has 5 unspecified atom stereocenters. The Labute approximate surface area is 219 Å². The molecule has 14 nitrogen and oxygen atoms in total. The number of aliphatic hydroxyl groups is 1. The zero-order chi connectivity index (χ0) is 28.1. The number of carboxylic acids is 1. The number of aromatic hydroxyl groups is 1. The number of carbonyl (C=O) groups excluding carboxylic acids is 3. The molecule has 0 heterocycles. The van der Waals surface area contributed by atoms with E-state index in [0.717, 1.165) is 0 Å². The minimum Gasteiger partial charge on any atom is -0.508 e. The molecule has 15 heteroatoms. The maximum absolute atomic E-state index is 13.0. The largest absolute Gasteiger partial charge is 0.508 e.